The highest BCUT2D eigenvalue weighted by atomic mass is 16.5. The lowest BCUT2D eigenvalue weighted by atomic mass is 9.60. The molecule has 0 aromatic heterocycles. The zero-order valence-corrected chi connectivity index (χ0v) is 13.2. The van der Waals surface area contributed by atoms with Crippen molar-refractivity contribution < 1.29 is 14.6 Å². The van der Waals surface area contributed by atoms with Crippen molar-refractivity contribution in [2.45, 2.75) is 58.4 Å². The fourth-order valence-corrected chi connectivity index (χ4v) is 4.43. The summed E-state index contributed by atoms with van der Waals surface area (Å²) in [4.78, 5) is 14.0. The van der Waals surface area contributed by atoms with Crippen LogP contribution in [0.2, 0.25) is 0 Å². The maximum atomic E-state index is 11.5. The first kappa shape index (κ1) is 15.8. The molecule has 20 heavy (non-hydrogen) atoms. The minimum absolute atomic E-state index is 0.147. The van der Waals surface area contributed by atoms with Crippen LogP contribution in [0.5, 0.6) is 0 Å². The van der Waals surface area contributed by atoms with E-state index in [0.717, 1.165) is 45.6 Å². The van der Waals surface area contributed by atoms with Gasteiger partial charge in [0.1, 0.15) is 0 Å². The van der Waals surface area contributed by atoms with E-state index in [0.29, 0.717) is 5.92 Å². The smallest absolute Gasteiger partial charge is 0.305 e. The lowest BCUT2D eigenvalue weighted by molar-refractivity contribution is -0.149. The molecule has 4 heteroatoms. The largest absolute Gasteiger partial charge is 0.481 e. The minimum Gasteiger partial charge on any atom is -0.481 e. The molecule has 1 aliphatic heterocycles. The first-order valence-corrected chi connectivity index (χ1v) is 7.91. The number of nitrogens with zero attached hydrogens (tertiary/aromatic N) is 1. The fraction of sp³-hybridized carbons (Fsp3) is 0.938. The van der Waals surface area contributed by atoms with Crippen molar-refractivity contribution in [3.63, 3.8) is 0 Å². The van der Waals surface area contributed by atoms with Crippen LogP contribution in [0.3, 0.4) is 0 Å². The maximum Gasteiger partial charge on any atom is 0.305 e. The minimum atomic E-state index is -0.660. The van der Waals surface area contributed by atoms with Crippen molar-refractivity contribution in [3.05, 3.63) is 0 Å². The molecule has 2 unspecified atom stereocenters. The van der Waals surface area contributed by atoms with Crippen LogP contribution in [-0.4, -0.2) is 47.8 Å². The quantitative estimate of drug-likeness (QED) is 0.865. The van der Waals surface area contributed by atoms with Crippen LogP contribution in [0.25, 0.3) is 0 Å². The van der Waals surface area contributed by atoms with Crippen molar-refractivity contribution in [2.24, 2.45) is 11.3 Å². The van der Waals surface area contributed by atoms with Gasteiger partial charge in [0, 0.05) is 18.6 Å². The first-order chi connectivity index (χ1) is 9.36. The molecule has 1 N–H and O–H groups in total. The molecule has 1 aliphatic carbocycles. The van der Waals surface area contributed by atoms with E-state index in [4.69, 9.17) is 4.74 Å². The third-order valence-electron chi connectivity index (χ3n) is 5.14. The molecule has 1 saturated carbocycles. The van der Waals surface area contributed by atoms with Crippen LogP contribution in [0.1, 0.15) is 52.9 Å². The number of morpholine rings is 1. The molecule has 0 spiro atoms. The van der Waals surface area contributed by atoms with Crippen molar-refractivity contribution >= 4 is 5.97 Å². The van der Waals surface area contributed by atoms with Gasteiger partial charge in [-0.15, -0.1) is 0 Å². The lowest BCUT2D eigenvalue weighted by Crippen LogP contribution is -2.62. The van der Waals surface area contributed by atoms with Gasteiger partial charge >= 0.3 is 5.97 Å². The molecular weight excluding hydrogens is 254 g/mol. The van der Waals surface area contributed by atoms with Gasteiger partial charge < -0.3 is 9.84 Å². The molecule has 4 nitrogen and oxygen atoms in total. The Kier molecular flexibility index (Phi) is 4.75. The van der Waals surface area contributed by atoms with E-state index in [9.17, 15) is 9.90 Å². The highest BCUT2D eigenvalue weighted by Gasteiger charge is 2.50. The van der Waals surface area contributed by atoms with Gasteiger partial charge in [-0.05, 0) is 24.2 Å². The molecule has 0 radical (unpaired) electrons. The molecule has 0 bridgehead atoms. The summed E-state index contributed by atoms with van der Waals surface area (Å²) in [6.07, 6.45) is 4.81. The molecule has 116 valence electrons. The second kappa shape index (κ2) is 6.02. The Morgan fingerprint density at radius 1 is 1.30 bits per heavy atom. The summed E-state index contributed by atoms with van der Waals surface area (Å²) >= 11 is 0. The Bertz CT molecular complexity index is 344. The van der Waals surface area contributed by atoms with Crippen molar-refractivity contribution in [1.82, 2.24) is 4.90 Å². The average Bonchev–Trinajstić information content (AvgIpc) is 2.38. The van der Waals surface area contributed by atoms with Gasteiger partial charge in [-0.1, -0.05) is 33.6 Å². The first-order valence-electron chi connectivity index (χ1n) is 7.91. The summed E-state index contributed by atoms with van der Waals surface area (Å²) in [5, 5.41) is 9.49. The van der Waals surface area contributed by atoms with E-state index in [1.54, 1.807) is 0 Å². The molecule has 2 atom stereocenters. The topological polar surface area (TPSA) is 49.8 Å². The molecular formula is C16H29NO3. The van der Waals surface area contributed by atoms with E-state index in [1.165, 1.54) is 6.42 Å². The third-order valence-corrected chi connectivity index (χ3v) is 5.14. The van der Waals surface area contributed by atoms with Crippen molar-refractivity contribution in [2.75, 3.05) is 26.3 Å². The maximum absolute atomic E-state index is 11.5. The summed E-state index contributed by atoms with van der Waals surface area (Å²) in [7, 11) is 0. The number of hydrogen-bond acceptors (Lipinski definition) is 3. The van der Waals surface area contributed by atoms with Gasteiger partial charge in [-0.3, -0.25) is 9.69 Å². The van der Waals surface area contributed by atoms with E-state index in [-0.39, 0.29) is 17.4 Å². The predicted octanol–water partition coefficient (Wildman–Crippen LogP) is 2.77. The number of carboxylic acids is 1. The molecule has 0 amide bonds. The third kappa shape index (κ3) is 3.17. The normalized spacial score (nSPS) is 33.0. The van der Waals surface area contributed by atoms with Gasteiger partial charge in [0.25, 0.3) is 0 Å². The van der Waals surface area contributed by atoms with Crippen LogP contribution < -0.4 is 0 Å². The second-order valence-electron chi connectivity index (χ2n) is 7.44. The van der Waals surface area contributed by atoms with Gasteiger partial charge in [-0.2, -0.15) is 0 Å². The van der Waals surface area contributed by atoms with Crippen LogP contribution >= 0.6 is 0 Å². The summed E-state index contributed by atoms with van der Waals surface area (Å²) in [5.41, 5.74) is -0.0275. The van der Waals surface area contributed by atoms with E-state index in [1.807, 2.05) is 0 Å². The van der Waals surface area contributed by atoms with E-state index in [2.05, 4.69) is 25.7 Å². The Morgan fingerprint density at radius 2 is 1.95 bits per heavy atom. The predicted molar refractivity (Wildman–Crippen MR) is 78.8 cm³/mol. The van der Waals surface area contributed by atoms with Crippen molar-refractivity contribution in [1.29, 1.82) is 0 Å². The molecule has 2 aliphatic rings. The Morgan fingerprint density at radius 3 is 2.50 bits per heavy atom. The van der Waals surface area contributed by atoms with Gasteiger partial charge in [0.05, 0.1) is 19.6 Å². The highest BCUT2D eigenvalue weighted by Crippen LogP contribution is 2.49. The Labute approximate surface area is 122 Å². The number of carbonyl (C=O) groups is 1. The molecule has 0 aromatic carbocycles. The van der Waals surface area contributed by atoms with E-state index < -0.39 is 5.97 Å². The summed E-state index contributed by atoms with van der Waals surface area (Å²) in [6, 6.07) is 0. The number of hydrogen-bond donors (Lipinski definition) is 1. The van der Waals surface area contributed by atoms with Crippen molar-refractivity contribution in [3.8, 4) is 0 Å². The molecule has 0 aromatic rings. The molecule has 2 fully saturated rings. The molecule has 2 rings (SSSR count). The van der Waals surface area contributed by atoms with Crippen LogP contribution in [0.15, 0.2) is 0 Å². The Balaban J connectivity index is 2.33. The number of rotatable bonds is 3. The summed E-state index contributed by atoms with van der Waals surface area (Å²) in [6.45, 7) is 10.0. The highest BCUT2D eigenvalue weighted by molar-refractivity contribution is 5.68. The Hall–Kier alpha value is -0.610. The zero-order chi connectivity index (χ0) is 14.8. The zero-order valence-electron chi connectivity index (χ0n) is 13.2. The summed E-state index contributed by atoms with van der Waals surface area (Å²) in [5.74, 6) is -0.217. The number of ether oxygens (including phenoxy) is 1. The number of aliphatic carboxylic acids is 1. The molecule has 1 heterocycles. The monoisotopic (exact) mass is 283 g/mol. The standard InChI is InChI=1S/C16H29NO3/c1-15(2,3)13-6-4-5-7-16(13,12-14(18)19)17-8-10-20-11-9-17/h13H,4-12H2,1-3H3,(H,18,19). The molecule has 1 saturated heterocycles. The van der Waals surface area contributed by atoms with Gasteiger partial charge in [-0.25, -0.2) is 0 Å². The summed E-state index contributed by atoms with van der Waals surface area (Å²) < 4.78 is 5.47. The van der Waals surface area contributed by atoms with E-state index >= 15 is 0 Å². The second-order valence-corrected chi connectivity index (χ2v) is 7.44. The average molecular weight is 283 g/mol. The van der Waals surface area contributed by atoms with Crippen LogP contribution in [0.4, 0.5) is 0 Å². The van der Waals surface area contributed by atoms with Gasteiger partial charge in [0.2, 0.25) is 0 Å². The lowest BCUT2D eigenvalue weighted by Gasteiger charge is -2.56. The number of carboxylic acid groups (broad SMARTS) is 1. The van der Waals surface area contributed by atoms with Crippen LogP contribution in [0, 0.1) is 11.3 Å². The fourth-order valence-electron chi connectivity index (χ4n) is 4.43. The SMILES string of the molecule is CC(C)(C)C1CCCCC1(CC(=O)O)N1CCOCC1. The van der Waals surface area contributed by atoms with Crippen LogP contribution in [-0.2, 0) is 9.53 Å². The van der Waals surface area contributed by atoms with Gasteiger partial charge in [0.15, 0.2) is 0 Å².